The zero-order chi connectivity index (χ0) is 15.2. The van der Waals surface area contributed by atoms with Crippen LogP contribution in [0.2, 0.25) is 0 Å². The van der Waals surface area contributed by atoms with Crippen molar-refractivity contribution < 1.29 is 0 Å². The quantitative estimate of drug-likeness (QED) is 0.392. The lowest BCUT2D eigenvalue weighted by atomic mass is 9.69. The Kier molecular flexibility index (Phi) is 7.84. The monoisotopic (exact) mass is 316 g/mol. The van der Waals surface area contributed by atoms with Gasteiger partial charge in [-0.15, -0.1) is 0 Å². The first-order valence-corrected chi connectivity index (χ1v) is 10.6. The minimum absolute atomic E-state index is 0.435. The Bertz CT molecular complexity index is 267. The molecule has 120 valence electrons. The Morgan fingerprint density at radius 2 is 1.75 bits per heavy atom. The van der Waals surface area contributed by atoms with Gasteiger partial charge in [-0.3, -0.25) is 0 Å². The zero-order valence-electron chi connectivity index (χ0n) is 14.6. The molecule has 2 unspecified atom stereocenters. The average Bonchev–Trinajstić information content (AvgIpc) is 3.14. The van der Waals surface area contributed by atoms with Crippen LogP contribution >= 0.6 is 23.5 Å². The number of thioether (sulfide) groups is 2. The molecule has 1 heterocycles. The van der Waals surface area contributed by atoms with Crippen LogP contribution < -0.4 is 0 Å². The number of unbranched alkanes of at least 4 members (excludes halogenated alkanes) is 1. The van der Waals surface area contributed by atoms with Gasteiger partial charge in [0.15, 0.2) is 0 Å². The van der Waals surface area contributed by atoms with Gasteiger partial charge in [-0.05, 0) is 24.2 Å². The average molecular weight is 317 g/mol. The van der Waals surface area contributed by atoms with Gasteiger partial charge in [0.2, 0.25) is 0 Å². The summed E-state index contributed by atoms with van der Waals surface area (Å²) in [6.07, 6.45) is 8.27. The van der Waals surface area contributed by atoms with Crippen LogP contribution in [0.3, 0.4) is 0 Å². The van der Waals surface area contributed by atoms with Crippen molar-refractivity contribution >= 4 is 23.5 Å². The molecule has 0 aromatic rings. The minimum Gasteiger partial charge on any atom is -0.156 e. The SMILES string of the molecule is CCCCC(CCC)C(C)(C)CC(C)(C)SCC1CS1. The molecule has 0 radical (unpaired) electrons. The second-order valence-electron chi connectivity index (χ2n) is 7.82. The van der Waals surface area contributed by atoms with Gasteiger partial charge in [-0.25, -0.2) is 0 Å². The molecule has 1 aliphatic heterocycles. The third-order valence-corrected chi connectivity index (χ3v) is 7.27. The number of hydrogen-bond acceptors (Lipinski definition) is 2. The smallest absolute Gasteiger partial charge is 0.0229 e. The maximum atomic E-state index is 2.52. The predicted octanol–water partition coefficient (Wildman–Crippen LogP) is 6.64. The van der Waals surface area contributed by atoms with Crippen LogP contribution in [-0.4, -0.2) is 21.5 Å². The molecule has 2 atom stereocenters. The van der Waals surface area contributed by atoms with E-state index in [1.54, 1.807) is 0 Å². The first-order chi connectivity index (χ1) is 9.30. The number of rotatable bonds is 11. The van der Waals surface area contributed by atoms with E-state index < -0.39 is 0 Å². The van der Waals surface area contributed by atoms with E-state index in [1.807, 2.05) is 0 Å². The Balaban J connectivity index is 2.52. The molecule has 1 rings (SSSR count). The van der Waals surface area contributed by atoms with Crippen molar-refractivity contribution in [3.63, 3.8) is 0 Å². The molecule has 0 aliphatic carbocycles. The van der Waals surface area contributed by atoms with Crippen LogP contribution in [0.1, 0.15) is 80.1 Å². The molecule has 20 heavy (non-hydrogen) atoms. The lowest BCUT2D eigenvalue weighted by Gasteiger charge is -2.40. The molecule has 0 aromatic heterocycles. The molecule has 0 saturated carbocycles. The molecule has 0 aromatic carbocycles. The van der Waals surface area contributed by atoms with E-state index >= 15 is 0 Å². The van der Waals surface area contributed by atoms with Crippen LogP contribution in [0.5, 0.6) is 0 Å². The van der Waals surface area contributed by atoms with Gasteiger partial charge >= 0.3 is 0 Å². The van der Waals surface area contributed by atoms with Gasteiger partial charge in [0.25, 0.3) is 0 Å². The van der Waals surface area contributed by atoms with E-state index in [4.69, 9.17) is 0 Å². The third kappa shape index (κ3) is 7.11. The van der Waals surface area contributed by atoms with Gasteiger partial charge in [0.1, 0.15) is 0 Å². The van der Waals surface area contributed by atoms with Crippen molar-refractivity contribution in [2.45, 2.75) is 90.1 Å². The summed E-state index contributed by atoms with van der Waals surface area (Å²) in [7, 11) is 0. The van der Waals surface area contributed by atoms with Crippen LogP contribution in [-0.2, 0) is 0 Å². The van der Waals surface area contributed by atoms with E-state index in [0.29, 0.717) is 10.2 Å². The summed E-state index contributed by atoms with van der Waals surface area (Å²) < 4.78 is 0.435. The summed E-state index contributed by atoms with van der Waals surface area (Å²) in [6.45, 7) is 14.7. The van der Waals surface area contributed by atoms with Crippen molar-refractivity contribution in [3.05, 3.63) is 0 Å². The molecule has 0 amide bonds. The summed E-state index contributed by atoms with van der Waals surface area (Å²) >= 11 is 4.35. The van der Waals surface area contributed by atoms with E-state index in [-0.39, 0.29) is 0 Å². The molecular formula is C18H36S2. The van der Waals surface area contributed by atoms with Crippen LogP contribution in [0.25, 0.3) is 0 Å². The standard InChI is InChI=1S/C18H36S2/c1-7-9-11-15(10-8-2)17(3,4)14-18(5,6)20-13-16-12-19-16/h15-16H,7-14H2,1-6H3. The van der Waals surface area contributed by atoms with Crippen molar-refractivity contribution in [3.8, 4) is 0 Å². The highest BCUT2D eigenvalue weighted by molar-refractivity contribution is 8.09. The highest BCUT2D eigenvalue weighted by atomic mass is 32.2. The zero-order valence-corrected chi connectivity index (χ0v) is 16.3. The summed E-state index contributed by atoms with van der Waals surface area (Å²) in [6, 6.07) is 0. The van der Waals surface area contributed by atoms with Gasteiger partial charge in [-0.2, -0.15) is 23.5 Å². The van der Waals surface area contributed by atoms with Crippen LogP contribution in [0.4, 0.5) is 0 Å². The van der Waals surface area contributed by atoms with E-state index in [0.717, 1.165) is 11.2 Å². The Labute approximate surface area is 136 Å². The van der Waals surface area contributed by atoms with E-state index in [9.17, 15) is 0 Å². The summed E-state index contributed by atoms with van der Waals surface area (Å²) in [4.78, 5) is 0. The first-order valence-electron chi connectivity index (χ1n) is 8.56. The van der Waals surface area contributed by atoms with E-state index in [1.165, 1.54) is 50.0 Å². The fourth-order valence-electron chi connectivity index (χ4n) is 3.50. The van der Waals surface area contributed by atoms with Crippen LogP contribution in [0, 0.1) is 11.3 Å². The largest absolute Gasteiger partial charge is 0.156 e. The Morgan fingerprint density at radius 1 is 1.10 bits per heavy atom. The van der Waals surface area contributed by atoms with Gasteiger partial charge in [0, 0.05) is 21.5 Å². The van der Waals surface area contributed by atoms with E-state index in [2.05, 4.69) is 65.1 Å². The molecule has 0 bridgehead atoms. The highest BCUT2D eigenvalue weighted by Crippen LogP contribution is 2.46. The Hall–Kier alpha value is 0.700. The first kappa shape index (κ1) is 18.7. The van der Waals surface area contributed by atoms with Crippen LogP contribution in [0.15, 0.2) is 0 Å². The summed E-state index contributed by atoms with van der Waals surface area (Å²) in [5.41, 5.74) is 0.484. The topological polar surface area (TPSA) is 0 Å². The predicted molar refractivity (Wildman–Crippen MR) is 99.1 cm³/mol. The fourth-order valence-corrected chi connectivity index (χ4v) is 5.72. The van der Waals surface area contributed by atoms with Gasteiger partial charge in [-0.1, -0.05) is 67.2 Å². The maximum absolute atomic E-state index is 2.52. The molecule has 1 saturated heterocycles. The van der Waals surface area contributed by atoms with Crippen molar-refractivity contribution in [1.29, 1.82) is 0 Å². The molecule has 2 heteroatoms. The highest BCUT2D eigenvalue weighted by Gasteiger charge is 2.36. The molecule has 0 spiro atoms. The van der Waals surface area contributed by atoms with Crippen molar-refractivity contribution in [1.82, 2.24) is 0 Å². The lowest BCUT2D eigenvalue weighted by molar-refractivity contribution is 0.154. The minimum atomic E-state index is 0.435. The molecule has 0 N–H and O–H groups in total. The molecule has 1 aliphatic rings. The normalized spacial score (nSPS) is 21.0. The number of hydrogen-bond donors (Lipinski definition) is 0. The maximum Gasteiger partial charge on any atom is 0.0229 e. The lowest BCUT2D eigenvalue weighted by Crippen LogP contribution is -2.32. The molecule has 0 nitrogen and oxygen atoms in total. The van der Waals surface area contributed by atoms with Gasteiger partial charge < -0.3 is 0 Å². The molecular weight excluding hydrogens is 280 g/mol. The van der Waals surface area contributed by atoms with Gasteiger partial charge in [0.05, 0.1) is 0 Å². The fraction of sp³-hybridized carbons (Fsp3) is 1.00. The van der Waals surface area contributed by atoms with Crippen molar-refractivity contribution in [2.24, 2.45) is 11.3 Å². The third-order valence-electron chi connectivity index (χ3n) is 4.59. The summed E-state index contributed by atoms with van der Waals surface area (Å²) in [5, 5.41) is 0.967. The second-order valence-corrected chi connectivity index (χ2v) is 10.9. The summed E-state index contributed by atoms with van der Waals surface area (Å²) in [5.74, 6) is 3.67. The molecule has 1 fully saturated rings. The Morgan fingerprint density at radius 3 is 2.25 bits per heavy atom. The second kappa shape index (κ2) is 8.36. The van der Waals surface area contributed by atoms with Crippen molar-refractivity contribution in [2.75, 3.05) is 11.5 Å².